The van der Waals surface area contributed by atoms with Crippen molar-refractivity contribution in [2.24, 2.45) is 5.92 Å². The summed E-state index contributed by atoms with van der Waals surface area (Å²) in [6.07, 6.45) is 3.47. The lowest BCUT2D eigenvalue weighted by Crippen LogP contribution is -2.38. The summed E-state index contributed by atoms with van der Waals surface area (Å²) in [7, 11) is -3.98. The molecule has 0 bridgehead atoms. The van der Waals surface area contributed by atoms with Crippen molar-refractivity contribution in [1.82, 2.24) is 14.6 Å². The maximum atomic E-state index is 13.7. The Morgan fingerprint density at radius 1 is 1.15 bits per heavy atom. The molecule has 0 amide bonds. The van der Waals surface area contributed by atoms with Crippen LogP contribution in [0, 0.1) is 17.6 Å². The Morgan fingerprint density at radius 3 is 2.58 bits per heavy atom. The minimum Gasteiger partial charge on any atom is -0.297 e. The van der Waals surface area contributed by atoms with Crippen molar-refractivity contribution in [2.45, 2.75) is 24.3 Å². The predicted molar refractivity (Wildman–Crippen MR) is 93.8 cm³/mol. The molecule has 3 rings (SSSR count). The number of pyridine rings is 1. The standard InChI is InChI=1S/C18H21F2N3O2S/c19-15-4-5-18(17(20)11-15)26(24,25)22-12-14-6-9-23(10-7-14)13-16-3-1-2-8-21-16/h1-5,8,11,14,22H,6-7,9-10,12-13H2. The number of benzene rings is 1. The Kier molecular flexibility index (Phi) is 5.95. The molecule has 0 radical (unpaired) electrons. The molecule has 1 aromatic heterocycles. The molecule has 0 unspecified atom stereocenters. The Morgan fingerprint density at radius 2 is 1.92 bits per heavy atom. The number of nitrogens with zero attached hydrogens (tertiary/aromatic N) is 2. The topological polar surface area (TPSA) is 62.3 Å². The fourth-order valence-electron chi connectivity index (χ4n) is 3.07. The summed E-state index contributed by atoms with van der Waals surface area (Å²) in [5, 5.41) is 0. The summed E-state index contributed by atoms with van der Waals surface area (Å²) < 4.78 is 53.5. The molecule has 0 atom stereocenters. The SMILES string of the molecule is O=S(=O)(NCC1CCN(Cc2ccccn2)CC1)c1ccc(F)cc1F. The van der Waals surface area contributed by atoms with Gasteiger partial charge in [-0.25, -0.2) is 21.9 Å². The van der Waals surface area contributed by atoms with E-state index in [0.29, 0.717) is 6.07 Å². The maximum absolute atomic E-state index is 13.7. The number of sulfonamides is 1. The zero-order valence-electron chi connectivity index (χ0n) is 14.2. The average molecular weight is 381 g/mol. The number of halogens is 2. The minimum atomic E-state index is -3.98. The van der Waals surface area contributed by atoms with Gasteiger partial charge in [0.15, 0.2) is 0 Å². The smallest absolute Gasteiger partial charge is 0.243 e. The van der Waals surface area contributed by atoms with E-state index in [-0.39, 0.29) is 12.5 Å². The fraction of sp³-hybridized carbons (Fsp3) is 0.389. The molecule has 0 spiro atoms. The molecule has 5 nitrogen and oxygen atoms in total. The van der Waals surface area contributed by atoms with Crippen molar-refractivity contribution in [1.29, 1.82) is 0 Å². The van der Waals surface area contributed by atoms with Gasteiger partial charge in [0.1, 0.15) is 16.5 Å². The summed E-state index contributed by atoms with van der Waals surface area (Å²) in [6, 6.07) is 8.28. The van der Waals surface area contributed by atoms with E-state index < -0.39 is 26.6 Å². The summed E-state index contributed by atoms with van der Waals surface area (Å²) in [4.78, 5) is 6.08. The molecule has 1 aliphatic heterocycles. The monoisotopic (exact) mass is 381 g/mol. The van der Waals surface area contributed by atoms with Gasteiger partial charge in [-0.15, -0.1) is 0 Å². The quantitative estimate of drug-likeness (QED) is 0.835. The molecule has 1 aliphatic rings. The van der Waals surface area contributed by atoms with Crippen LogP contribution >= 0.6 is 0 Å². The highest BCUT2D eigenvalue weighted by molar-refractivity contribution is 7.89. The zero-order valence-corrected chi connectivity index (χ0v) is 15.1. The molecule has 1 aromatic carbocycles. The molecule has 1 N–H and O–H groups in total. The average Bonchev–Trinajstić information content (AvgIpc) is 2.62. The van der Waals surface area contributed by atoms with Crippen molar-refractivity contribution >= 4 is 10.0 Å². The Hall–Kier alpha value is -1.90. The van der Waals surface area contributed by atoms with Crippen LogP contribution in [0.2, 0.25) is 0 Å². The first kappa shape index (κ1) is 18.9. The third-order valence-corrected chi connectivity index (χ3v) is 6.02. The summed E-state index contributed by atoms with van der Waals surface area (Å²) in [5.74, 6) is -1.70. The van der Waals surface area contributed by atoms with Crippen molar-refractivity contribution in [2.75, 3.05) is 19.6 Å². The molecule has 8 heteroatoms. The normalized spacial score (nSPS) is 16.7. The number of nitrogens with one attached hydrogen (secondary N) is 1. The largest absolute Gasteiger partial charge is 0.297 e. The van der Waals surface area contributed by atoms with Gasteiger partial charge in [0.2, 0.25) is 10.0 Å². The van der Waals surface area contributed by atoms with Gasteiger partial charge in [0.05, 0.1) is 5.69 Å². The zero-order chi connectivity index (χ0) is 18.6. The minimum absolute atomic E-state index is 0.188. The molecule has 2 heterocycles. The fourth-order valence-corrected chi connectivity index (χ4v) is 4.24. The van der Waals surface area contributed by atoms with Crippen molar-refractivity contribution in [3.63, 3.8) is 0 Å². The lowest BCUT2D eigenvalue weighted by Gasteiger charge is -2.31. The van der Waals surface area contributed by atoms with Gasteiger partial charge < -0.3 is 0 Å². The first-order valence-electron chi connectivity index (χ1n) is 8.51. The first-order chi connectivity index (χ1) is 12.4. The van der Waals surface area contributed by atoms with E-state index in [1.807, 2.05) is 18.2 Å². The summed E-state index contributed by atoms with van der Waals surface area (Å²) in [6.45, 7) is 2.73. The van der Waals surface area contributed by atoms with Crippen LogP contribution in [0.1, 0.15) is 18.5 Å². The molecule has 140 valence electrons. The van der Waals surface area contributed by atoms with E-state index in [9.17, 15) is 17.2 Å². The number of hydrogen-bond donors (Lipinski definition) is 1. The van der Waals surface area contributed by atoms with E-state index in [0.717, 1.165) is 50.3 Å². The lowest BCUT2D eigenvalue weighted by molar-refractivity contribution is 0.177. The molecule has 2 aromatic rings. The predicted octanol–water partition coefficient (Wildman–Crippen LogP) is 2.55. The summed E-state index contributed by atoms with van der Waals surface area (Å²) >= 11 is 0. The van der Waals surface area contributed by atoms with Crippen molar-refractivity contribution < 1.29 is 17.2 Å². The van der Waals surface area contributed by atoms with Crippen LogP contribution in [0.15, 0.2) is 47.5 Å². The van der Waals surface area contributed by atoms with E-state index in [1.54, 1.807) is 6.20 Å². The van der Waals surface area contributed by atoms with Crippen LogP contribution in [-0.2, 0) is 16.6 Å². The van der Waals surface area contributed by atoms with Crippen LogP contribution in [0.5, 0.6) is 0 Å². The van der Waals surface area contributed by atoms with Crippen LogP contribution in [0.25, 0.3) is 0 Å². The van der Waals surface area contributed by atoms with Gasteiger partial charge in [0, 0.05) is 25.4 Å². The van der Waals surface area contributed by atoms with E-state index >= 15 is 0 Å². The number of piperidine rings is 1. The van der Waals surface area contributed by atoms with Gasteiger partial charge in [-0.3, -0.25) is 9.88 Å². The molecule has 0 saturated carbocycles. The van der Waals surface area contributed by atoms with Crippen LogP contribution in [0.4, 0.5) is 8.78 Å². The van der Waals surface area contributed by atoms with Gasteiger partial charge in [0.25, 0.3) is 0 Å². The van der Waals surface area contributed by atoms with E-state index in [2.05, 4.69) is 14.6 Å². The highest BCUT2D eigenvalue weighted by Crippen LogP contribution is 2.20. The third kappa shape index (κ3) is 4.84. The molecule has 1 saturated heterocycles. The van der Waals surface area contributed by atoms with Gasteiger partial charge in [-0.2, -0.15) is 0 Å². The van der Waals surface area contributed by atoms with E-state index in [1.165, 1.54) is 0 Å². The number of aromatic nitrogens is 1. The number of hydrogen-bond acceptors (Lipinski definition) is 4. The second-order valence-corrected chi connectivity index (χ2v) is 8.20. The molecule has 26 heavy (non-hydrogen) atoms. The highest BCUT2D eigenvalue weighted by Gasteiger charge is 2.24. The highest BCUT2D eigenvalue weighted by atomic mass is 32.2. The van der Waals surface area contributed by atoms with Crippen molar-refractivity contribution in [3.05, 3.63) is 59.9 Å². The van der Waals surface area contributed by atoms with Crippen LogP contribution in [0.3, 0.4) is 0 Å². The second kappa shape index (κ2) is 8.20. The number of rotatable bonds is 6. The lowest BCUT2D eigenvalue weighted by atomic mass is 9.97. The first-order valence-corrected chi connectivity index (χ1v) is 9.99. The van der Waals surface area contributed by atoms with Gasteiger partial charge in [-0.1, -0.05) is 6.07 Å². The Balaban J connectivity index is 1.50. The van der Waals surface area contributed by atoms with E-state index in [4.69, 9.17) is 0 Å². The second-order valence-electron chi connectivity index (χ2n) is 6.47. The Bertz CT molecular complexity index is 839. The maximum Gasteiger partial charge on any atom is 0.243 e. The van der Waals surface area contributed by atoms with Gasteiger partial charge in [-0.05, 0) is 56.1 Å². The molecule has 0 aliphatic carbocycles. The third-order valence-electron chi connectivity index (χ3n) is 4.56. The van der Waals surface area contributed by atoms with Crippen molar-refractivity contribution in [3.8, 4) is 0 Å². The number of likely N-dealkylation sites (tertiary alicyclic amines) is 1. The molecule has 1 fully saturated rings. The van der Waals surface area contributed by atoms with Crippen LogP contribution in [-0.4, -0.2) is 37.9 Å². The molecular weight excluding hydrogens is 360 g/mol. The summed E-state index contributed by atoms with van der Waals surface area (Å²) in [5.41, 5.74) is 1.01. The molecular formula is C18H21F2N3O2S. The van der Waals surface area contributed by atoms with Gasteiger partial charge >= 0.3 is 0 Å². The Labute approximate surface area is 152 Å². The van der Waals surface area contributed by atoms with Crippen LogP contribution < -0.4 is 4.72 Å².